The van der Waals surface area contributed by atoms with E-state index >= 15 is 0 Å². The third-order valence-corrected chi connectivity index (χ3v) is 7.47. The van der Waals surface area contributed by atoms with Crippen LogP contribution in [0.5, 0.6) is 0 Å². The number of nitrogens with zero attached hydrogens (tertiary/aromatic N) is 1. The Bertz CT molecular complexity index is 1220. The highest BCUT2D eigenvalue weighted by Gasteiger charge is 2.67. The number of imide groups is 1. The molecule has 1 saturated heterocycles. The predicted octanol–water partition coefficient (Wildman–Crippen LogP) is 3.18. The maximum atomic E-state index is 13.3. The van der Waals surface area contributed by atoms with Crippen molar-refractivity contribution in [1.29, 1.82) is 0 Å². The standard InChI is InChI=1S/C26H21FN2O5/c27-14-4-6-15(7-5-14)28-21(30)12-34-26(33)13-2-1-3-16(10-13)29-24(31)22-17-8-9-18(20-11-19(17)20)23(22)25(29)32/h1-10,17-20,22-23H,11-12H2,(H,28,30)/t17-,18-,19-,20-,22+,23+/m0/s1. The summed E-state index contributed by atoms with van der Waals surface area (Å²) in [6, 6.07) is 11.4. The fraction of sp³-hybridized carbons (Fsp3) is 0.308. The van der Waals surface area contributed by atoms with Crippen LogP contribution in [0, 0.1) is 41.3 Å². The number of hydrogen-bond acceptors (Lipinski definition) is 5. The molecule has 7 nitrogen and oxygen atoms in total. The number of ether oxygens (including phenoxy) is 1. The number of halogens is 1. The molecule has 34 heavy (non-hydrogen) atoms. The van der Waals surface area contributed by atoms with Crippen molar-refractivity contribution in [2.24, 2.45) is 35.5 Å². The highest BCUT2D eigenvalue weighted by atomic mass is 19.1. The summed E-state index contributed by atoms with van der Waals surface area (Å²) < 4.78 is 18.1. The molecule has 2 saturated carbocycles. The molecule has 1 heterocycles. The molecule has 3 fully saturated rings. The van der Waals surface area contributed by atoms with Crippen molar-refractivity contribution in [3.05, 3.63) is 72.1 Å². The van der Waals surface area contributed by atoms with Gasteiger partial charge in [-0.05, 0) is 72.6 Å². The van der Waals surface area contributed by atoms with Crippen molar-refractivity contribution in [1.82, 2.24) is 0 Å². The van der Waals surface area contributed by atoms with Gasteiger partial charge in [-0.25, -0.2) is 14.1 Å². The van der Waals surface area contributed by atoms with E-state index in [0.29, 0.717) is 23.2 Å². The van der Waals surface area contributed by atoms with E-state index < -0.39 is 24.3 Å². The Hall–Kier alpha value is -3.81. The van der Waals surface area contributed by atoms with Crippen LogP contribution in [-0.4, -0.2) is 30.3 Å². The summed E-state index contributed by atoms with van der Waals surface area (Å²) >= 11 is 0. The summed E-state index contributed by atoms with van der Waals surface area (Å²) in [5.74, 6) is -1.56. The fourth-order valence-corrected chi connectivity index (χ4v) is 5.93. The van der Waals surface area contributed by atoms with Gasteiger partial charge in [-0.3, -0.25) is 14.4 Å². The second-order valence-corrected chi connectivity index (χ2v) is 9.35. The van der Waals surface area contributed by atoms with Crippen LogP contribution >= 0.6 is 0 Å². The largest absolute Gasteiger partial charge is 0.452 e. The van der Waals surface area contributed by atoms with Crippen LogP contribution in [0.25, 0.3) is 0 Å². The number of amides is 3. The Morgan fingerprint density at radius 1 is 0.971 bits per heavy atom. The quantitative estimate of drug-likeness (QED) is 0.420. The van der Waals surface area contributed by atoms with E-state index in [9.17, 15) is 23.6 Å². The highest BCUT2D eigenvalue weighted by Crippen LogP contribution is 2.65. The van der Waals surface area contributed by atoms with Gasteiger partial charge in [0.1, 0.15) is 5.82 Å². The van der Waals surface area contributed by atoms with Crippen molar-refractivity contribution < 1.29 is 28.3 Å². The van der Waals surface area contributed by atoms with Crippen LogP contribution in [0.4, 0.5) is 15.8 Å². The molecule has 0 radical (unpaired) electrons. The number of rotatable bonds is 5. The lowest BCUT2D eigenvalue weighted by Gasteiger charge is -2.37. The Morgan fingerprint density at radius 2 is 1.62 bits per heavy atom. The maximum absolute atomic E-state index is 13.3. The summed E-state index contributed by atoms with van der Waals surface area (Å²) in [7, 11) is 0. The Kier molecular flexibility index (Phi) is 4.65. The fourth-order valence-electron chi connectivity index (χ4n) is 5.93. The molecule has 7 rings (SSSR count). The van der Waals surface area contributed by atoms with Gasteiger partial charge in [0.25, 0.3) is 5.91 Å². The molecule has 0 unspecified atom stereocenters. The van der Waals surface area contributed by atoms with E-state index in [1.807, 2.05) is 0 Å². The van der Waals surface area contributed by atoms with Crippen LogP contribution in [0.15, 0.2) is 60.7 Å². The Morgan fingerprint density at radius 3 is 2.26 bits per heavy atom. The number of anilines is 2. The van der Waals surface area contributed by atoms with Gasteiger partial charge in [0, 0.05) is 5.69 Å². The smallest absolute Gasteiger partial charge is 0.338 e. The maximum Gasteiger partial charge on any atom is 0.338 e. The molecule has 5 aliphatic rings. The van der Waals surface area contributed by atoms with Gasteiger partial charge in [0.05, 0.1) is 23.1 Å². The van der Waals surface area contributed by atoms with E-state index in [1.54, 1.807) is 12.1 Å². The zero-order valence-corrected chi connectivity index (χ0v) is 18.0. The first-order valence-corrected chi connectivity index (χ1v) is 11.3. The predicted molar refractivity (Wildman–Crippen MR) is 119 cm³/mol. The summed E-state index contributed by atoms with van der Waals surface area (Å²) in [5.41, 5.74) is 0.840. The van der Waals surface area contributed by atoms with Gasteiger partial charge in [-0.15, -0.1) is 0 Å². The van der Waals surface area contributed by atoms with Crippen LogP contribution in [0.2, 0.25) is 0 Å². The molecular formula is C26H21FN2O5. The Balaban J connectivity index is 1.14. The minimum absolute atomic E-state index is 0.120. The summed E-state index contributed by atoms with van der Waals surface area (Å²) in [6.07, 6.45) is 5.31. The zero-order valence-electron chi connectivity index (χ0n) is 18.0. The van der Waals surface area contributed by atoms with Crippen molar-refractivity contribution in [3.63, 3.8) is 0 Å². The molecule has 0 spiro atoms. The topological polar surface area (TPSA) is 92.8 Å². The molecule has 2 bridgehead atoms. The van der Waals surface area contributed by atoms with Gasteiger partial charge < -0.3 is 10.1 Å². The SMILES string of the molecule is O=C(COC(=O)c1cccc(N2C(=O)[C@@H]3[C@H]4C=C[C@@H]([C@@H]5C[C@@H]45)[C@H]3C2=O)c1)Nc1ccc(F)cc1. The third kappa shape index (κ3) is 3.24. The van der Waals surface area contributed by atoms with Crippen LogP contribution in [-0.2, 0) is 19.1 Å². The first-order valence-electron chi connectivity index (χ1n) is 11.3. The monoisotopic (exact) mass is 460 g/mol. The number of benzene rings is 2. The number of esters is 1. The first-order chi connectivity index (χ1) is 16.4. The minimum Gasteiger partial charge on any atom is -0.452 e. The molecule has 6 atom stereocenters. The van der Waals surface area contributed by atoms with E-state index in [2.05, 4.69) is 17.5 Å². The number of allylic oxidation sites excluding steroid dienone is 2. The molecule has 2 aromatic carbocycles. The van der Waals surface area contributed by atoms with Crippen LogP contribution < -0.4 is 10.2 Å². The lowest BCUT2D eigenvalue weighted by molar-refractivity contribution is -0.124. The van der Waals surface area contributed by atoms with E-state index in [4.69, 9.17) is 4.74 Å². The van der Waals surface area contributed by atoms with Gasteiger partial charge in [0.2, 0.25) is 11.8 Å². The lowest BCUT2D eigenvalue weighted by Crippen LogP contribution is -2.40. The number of nitrogens with one attached hydrogen (secondary N) is 1. The average Bonchev–Trinajstić information content (AvgIpc) is 3.62. The molecule has 2 aromatic rings. The van der Waals surface area contributed by atoms with Crippen molar-refractivity contribution in [2.45, 2.75) is 6.42 Å². The third-order valence-electron chi connectivity index (χ3n) is 7.47. The van der Waals surface area contributed by atoms with Gasteiger partial charge in [-0.1, -0.05) is 18.2 Å². The van der Waals surface area contributed by atoms with Crippen LogP contribution in [0.3, 0.4) is 0 Å². The van der Waals surface area contributed by atoms with Crippen molar-refractivity contribution in [3.8, 4) is 0 Å². The number of hydrogen-bond donors (Lipinski definition) is 1. The number of carbonyl (C=O) groups excluding carboxylic acids is 4. The molecule has 3 amide bonds. The van der Waals surface area contributed by atoms with Gasteiger partial charge in [0.15, 0.2) is 6.61 Å². The Labute approximate surface area is 194 Å². The van der Waals surface area contributed by atoms with Crippen molar-refractivity contribution in [2.75, 3.05) is 16.8 Å². The molecule has 8 heteroatoms. The van der Waals surface area contributed by atoms with Gasteiger partial charge in [-0.2, -0.15) is 0 Å². The molecule has 172 valence electrons. The summed E-state index contributed by atoms with van der Waals surface area (Å²) in [6.45, 7) is -0.538. The molecule has 1 aliphatic heterocycles. The molecule has 0 aromatic heterocycles. The lowest BCUT2D eigenvalue weighted by atomic mass is 9.63. The highest BCUT2D eigenvalue weighted by molar-refractivity contribution is 6.23. The average molecular weight is 460 g/mol. The van der Waals surface area contributed by atoms with E-state index in [1.165, 1.54) is 41.3 Å². The van der Waals surface area contributed by atoms with Crippen molar-refractivity contribution >= 4 is 35.1 Å². The minimum atomic E-state index is -0.754. The second kappa shape index (κ2) is 7.62. The van der Waals surface area contributed by atoms with E-state index in [-0.39, 0.29) is 41.0 Å². The molecule has 1 N–H and O–H groups in total. The second-order valence-electron chi connectivity index (χ2n) is 9.35. The van der Waals surface area contributed by atoms with E-state index in [0.717, 1.165) is 6.42 Å². The summed E-state index contributed by atoms with van der Waals surface area (Å²) in [5, 5.41) is 2.51. The first kappa shape index (κ1) is 20.8. The number of carbonyl (C=O) groups is 4. The van der Waals surface area contributed by atoms with Gasteiger partial charge >= 0.3 is 5.97 Å². The molecular weight excluding hydrogens is 439 g/mol. The zero-order chi connectivity index (χ0) is 23.6. The van der Waals surface area contributed by atoms with Crippen LogP contribution in [0.1, 0.15) is 16.8 Å². The normalized spacial score (nSPS) is 30.1. The summed E-state index contributed by atoms with van der Waals surface area (Å²) in [4.78, 5) is 52.4. The molecule has 4 aliphatic carbocycles.